The van der Waals surface area contributed by atoms with Crippen molar-refractivity contribution >= 4 is 33.0 Å². The lowest BCUT2D eigenvalue weighted by Crippen LogP contribution is -2.29. The lowest BCUT2D eigenvalue weighted by molar-refractivity contribution is -0.115. The van der Waals surface area contributed by atoms with Crippen molar-refractivity contribution in [3.63, 3.8) is 0 Å². The summed E-state index contributed by atoms with van der Waals surface area (Å²) in [7, 11) is 0. The monoisotopic (exact) mass is 437 g/mol. The van der Waals surface area contributed by atoms with Gasteiger partial charge in [-0.3, -0.25) is 9.69 Å². The van der Waals surface area contributed by atoms with Crippen LogP contribution >= 0.6 is 11.3 Å². The average Bonchev–Trinajstić information content (AvgIpc) is 3.16. The Morgan fingerprint density at radius 1 is 1.03 bits per heavy atom. The zero-order chi connectivity index (χ0) is 21.9. The highest BCUT2D eigenvalue weighted by molar-refractivity contribution is 7.16. The first-order valence-corrected chi connectivity index (χ1v) is 11.6. The first-order valence-electron chi connectivity index (χ1n) is 10.8. The predicted octanol–water partition coefficient (Wildman–Crippen LogP) is 5.51. The number of benzene rings is 3. The molecule has 0 fully saturated rings. The number of rotatable bonds is 5. The van der Waals surface area contributed by atoms with E-state index < -0.39 is 0 Å². The van der Waals surface area contributed by atoms with E-state index in [1.807, 2.05) is 36.4 Å². The Morgan fingerprint density at radius 2 is 1.81 bits per heavy atom. The van der Waals surface area contributed by atoms with E-state index >= 15 is 0 Å². The number of hydrogen-bond acceptors (Lipinski definition) is 4. The molecule has 0 aliphatic carbocycles. The zero-order valence-corrected chi connectivity index (χ0v) is 18.5. The smallest absolute Gasteiger partial charge is 0.229 e. The fourth-order valence-electron chi connectivity index (χ4n) is 4.43. The second kappa shape index (κ2) is 8.96. The van der Waals surface area contributed by atoms with Crippen LogP contribution in [0.2, 0.25) is 0 Å². The van der Waals surface area contributed by atoms with E-state index in [-0.39, 0.29) is 12.3 Å². The standard InChI is InChI=1S/C27H23N3OS/c28-16-24-23-13-14-30(17-19-7-2-1-3-8-19)18-25(23)32-27(24)29-26(31)15-21-11-6-10-20-9-4-5-12-22(20)21/h1-12H,13-15,17-18H2,(H,29,31). The van der Waals surface area contributed by atoms with Crippen LogP contribution < -0.4 is 5.32 Å². The third kappa shape index (κ3) is 4.16. The summed E-state index contributed by atoms with van der Waals surface area (Å²) >= 11 is 1.55. The van der Waals surface area contributed by atoms with Gasteiger partial charge in [0, 0.05) is 24.5 Å². The van der Waals surface area contributed by atoms with Gasteiger partial charge in [-0.25, -0.2) is 0 Å². The summed E-state index contributed by atoms with van der Waals surface area (Å²) in [6, 6.07) is 26.9. The van der Waals surface area contributed by atoms with Crippen LogP contribution in [0.15, 0.2) is 72.8 Å². The Hall–Kier alpha value is -3.46. The quantitative estimate of drug-likeness (QED) is 0.448. The number of nitriles is 1. The Balaban J connectivity index is 1.33. The van der Waals surface area contributed by atoms with Crippen LogP contribution in [-0.4, -0.2) is 17.4 Å². The number of hydrogen-bond donors (Lipinski definition) is 1. The topological polar surface area (TPSA) is 56.1 Å². The molecule has 32 heavy (non-hydrogen) atoms. The van der Waals surface area contributed by atoms with Crippen molar-refractivity contribution in [2.24, 2.45) is 0 Å². The molecule has 1 aliphatic rings. The molecule has 1 N–H and O–H groups in total. The maximum absolute atomic E-state index is 12.9. The molecule has 3 aromatic carbocycles. The maximum atomic E-state index is 12.9. The maximum Gasteiger partial charge on any atom is 0.229 e. The van der Waals surface area contributed by atoms with Crippen molar-refractivity contribution in [3.05, 3.63) is 99.9 Å². The summed E-state index contributed by atoms with van der Waals surface area (Å²) in [5.41, 5.74) is 4.02. The molecular formula is C27H23N3OS. The second-order valence-electron chi connectivity index (χ2n) is 8.13. The van der Waals surface area contributed by atoms with Gasteiger partial charge in [0.25, 0.3) is 0 Å². The molecule has 158 valence electrons. The Labute approximate surface area is 191 Å². The van der Waals surface area contributed by atoms with Crippen LogP contribution in [0.4, 0.5) is 5.00 Å². The fourth-order valence-corrected chi connectivity index (χ4v) is 5.69. The van der Waals surface area contributed by atoms with Crippen molar-refractivity contribution in [3.8, 4) is 6.07 Å². The number of nitrogens with one attached hydrogen (secondary N) is 1. The first-order chi connectivity index (χ1) is 15.7. The summed E-state index contributed by atoms with van der Waals surface area (Å²) in [6.45, 7) is 2.61. The number of amides is 1. The molecule has 5 heteroatoms. The molecule has 1 amide bonds. The van der Waals surface area contributed by atoms with E-state index in [2.05, 4.69) is 52.7 Å². The first kappa shape index (κ1) is 20.4. The highest BCUT2D eigenvalue weighted by Crippen LogP contribution is 2.37. The van der Waals surface area contributed by atoms with Crippen molar-refractivity contribution in [2.45, 2.75) is 25.9 Å². The molecule has 0 saturated carbocycles. The van der Waals surface area contributed by atoms with Crippen LogP contribution in [0.25, 0.3) is 10.8 Å². The van der Waals surface area contributed by atoms with Crippen molar-refractivity contribution < 1.29 is 4.79 Å². The largest absolute Gasteiger partial charge is 0.316 e. The summed E-state index contributed by atoms with van der Waals surface area (Å²) in [5.74, 6) is -0.0856. The predicted molar refractivity (Wildman–Crippen MR) is 130 cm³/mol. The molecule has 2 heterocycles. The molecule has 0 spiro atoms. The molecule has 0 radical (unpaired) electrons. The van der Waals surface area contributed by atoms with Crippen LogP contribution in [0.1, 0.15) is 27.1 Å². The molecule has 0 bridgehead atoms. The molecule has 1 aliphatic heterocycles. The van der Waals surface area contributed by atoms with E-state index in [1.165, 1.54) is 10.4 Å². The van der Waals surface area contributed by atoms with Gasteiger partial charge in [-0.1, -0.05) is 72.8 Å². The molecular weight excluding hydrogens is 414 g/mol. The van der Waals surface area contributed by atoms with Crippen LogP contribution in [-0.2, 0) is 30.7 Å². The number of thiophene rings is 1. The Morgan fingerprint density at radius 3 is 2.66 bits per heavy atom. The van der Waals surface area contributed by atoms with Gasteiger partial charge >= 0.3 is 0 Å². The summed E-state index contributed by atoms with van der Waals surface area (Å²) in [5, 5.41) is 15.7. The number of carbonyl (C=O) groups excluding carboxylic acids is 1. The Kier molecular flexibility index (Phi) is 5.72. The molecule has 0 unspecified atom stereocenters. The van der Waals surface area contributed by atoms with E-state index in [1.54, 1.807) is 11.3 Å². The zero-order valence-electron chi connectivity index (χ0n) is 17.7. The second-order valence-corrected chi connectivity index (χ2v) is 9.23. The lowest BCUT2D eigenvalue weighted by atomic mass is 10.0. The summed E-state index contributed by atoms with van der Waals surface area (Å²) in [6.07, 6.45) is 1.12. The van der Waals surface area contributed by atoms with E-state index in [9.17, 15) is 10.1 Å². The summed E-state index contributed by atoms with van der Waals surface area (Å²) in [4.78, 5) is 16.5. The number of anilines is 1. The average molecular weight is 438 g/mol. The van der Waals surface area contributed by atoms with Crippen molar-refractivity contribution in [2.75, 3.05) is 11.9 Å². The minimum Gasteiger partial charge on any atom is -0.316 e. The van der Waals surface area contributed by atoms with Crippen LogP contribution in [0.5, 0.6) is 0 Å². The highest BCUT2D eigenvalue weighted by Gasteiger charge is 2.25. The van der Waals surface area contributed by atoms with Gasteiger partial charge in [-0.2, -0.15) is 5.26 Å². The van der Waals surface area contributed by atoms with Crippen LogP contribution in [0.3, 0.4) is 0 Å². The molecule has 5 rings (SSSR count). The number of fused-ring (bicyclic) bond motifs is 2. The molecule has 1 aromatic heterocycles. The van der Waals surface area contributed by atoms with Gasteiger partial charge in [0.1, 0.15) is 11.1 Å². The van der Waals surface area contributed by atoms with Gasteiger partial charge in [0.2, 0.25) is 5.91 Å². The highest BCUT2D eigenvalue weighted by atomic mass is 32.1. The number of nitrogens with zero attached hydrogens (tertiary/aromatic N) is 2. The lowest BCUT2D eigenvalue weighted by Gasteiger charge is -2.26. The molecule has 0 atom stereocenters. The molecule has 4 nitrogen and oxygen atoms in total. The van der Waals surface area contributed by atoms with Gasteiger partial charge in [-0.15, -0.1) is 11.3 Å². The minimum atomic E-state index is -0.0856. The number of carbonyl (C=O) groups is 1. The third-order valence-electron chi connectivity index (χ3n) is 5.98. The van der Waals surface area contributed by atoms with E-state index in [0.29, 0.717) is 10.6 Å². The minimum absolute atomic E-state index is 0.0856. The third-order valence-corrected chi connectivity index (χ3v) is 7.11. The molecule has 4 aromatic rings. The fraction of sp³-hybridized carbons (Fsp3) is 0.185. The van der Waals surface area contributed by atoms with Crippen molar-refractivity contribution in [1.29, 1.82) is 5.26 Å². The molecule has 0 saturated heterocycles. The van der Waals surface area contributed by atoms with Gasteiger partial charge in [-0.05, 0) is 33.9 Å². The van der Waals surface area contributed by atoms with Gasteiger partial charge in [0.15, 0.2) is 0 Å². The van der Waals surface area contributed by atoms with Gasteiger partial charge < -0.3 is 5.32 Å². The van der Waals surface area contributed by atoms with Gasteiger partial charge in [0.05, 0.1) is 12.0 Å². The van der Waals surface area contributed by atoms with E-state index in [0.717, 1.165) is 48.0 Å². The summed E-state index contributed by atoms with van der Waals surface area (Å²) < 4.78 is 0. The normalized spacial score (nSPS) is 13.5. The Bertz CT molecular complexity index is 1310. The van der Waals surface area contributed by atoms with Crippen molar-refractivity contribution in [1.82, 2.24) is 4.90 Å². The SMILES string of the molecule is N#Cc1c(NC(=O)Cc2cccc3ccccc23)sc2c1CCN(Cc1ccccc1)C2. The van der Waals surface area contributed by atoms with Crippen LogP contribution in [0, 0.1) is 11.3 Å². The van der Waals surface area contributed by atoms with E-state index in [4.69, 9.17) is 0 Å².